The van der Waals surface area contributed by atoms with Gasteiger partial charge in [0.1, 0.15) is 0 Å². The fraction of sp³-hybridized carbons (Fsp3) is 0.562. The van der Waals surface area contributed by atoms with Crippen LogP contribution < -0.4 is 5.32 Å². The summed E-state index contributed by atoms with van der Waals surface area (Å²) in [6.07, 6.45) is 3.47. The summed E-state index contributed by atoms with van der Waals surface area (Å²) in [5.74, 6) is -0.778. The zero-order chi connectivity index (χ0) is 14.0. The number of benzene rings is 1. The van der Waals surface area contributed by atoms with E-state index < -0.39 is 5.97 Å². The van der Waals surface area contributed by atoms with Gasteiger partial charge in [0.25, 0.3) is 0 Å². The lowest BCUT2D eigenvalue weighted by molar-refractivity contribution is -0.142. The van der Waals surface area contributed by atoms with Crippen molar-refractivity contribution in [3.8, 4) is 0 Å². The summed E-state index contributed by atoms with van der Waals surface area (Å²) >= 11 is 0. The minimum Gasteiger partial charge on any atom is -0.481 e. The van der Waals surface area contributed by atoms with Crippen molar-refractivity contribution >= 4 is 11.7 Å². The number of anilines is 1. The predicted octanol–water partition coefficient (Wildman–Crippen LogP) is 3.67. The van der Waals surface area contributed by atoms with Crippen LogP contribution in [0.2, 0.25) is 0 Å². The van der Waals surface area contributed by atoms with Crippen molar-refractivity contribution in [2.75, 3.05) is 5.32 Å². The van der Waals surface area contributed by atoms with Crippen molar-refractivity contribution in [2.24, 2.45) is 5.92 Å². The molecule has 2 N–H and O–H groups in total. The summed E-state index contributed by atoms with van der Waals surface area (Å²) in [6.45, 7) is 6.38. The standard InChI is InChI=1S/C16H23NO2/c1-10-8-12(3)15(9-11(10)2)17-14-6-4-13(5-7-14)16(18)19/h8-9,13-14,17H,4-7H2,1-3H3,(H,18,19). The molecule has 0 radical (unpaired) electrons. The van der Waals surface area contributed by atoms with Gasteiger partial charge in [0.05, 0.1) is 5.92 Å². The monoisotopic (exact) mass is 261 g/mol. The van der Waals surface area contributed by atoms with Gasteiger partial charge in [-0.15, -0.1) is 0 Å². The third-order valence-electron chi connectivity index (χ3n) is 4.28. The largest absolute Gasteiger partial charge is 0.481 e. The zero-order valence-corrected chi connectivity index (χ0v) is 12.0. The van der Waals surface area contributed by atoms with Crippen LogP contribution in [0.15, 0.2) is 12.1 Å². The molecule has 0 bridgehead atoms. The van der Waals surface area contributed by atoms with E-state index in [-0.39, 0.29) is 5.92 Å². The fourth-order valence-electron chi connectivity index (χ4n) is 2.82. The van der Waals surface area contributed by atoms with Crippen LogP contribution in [0, 0.1) is 26.7 Å². The molecule has 1 aliphatic carbocycles. The molecule has 2 rings (SSSR count). The van der Waals surface area contributed by atoms with Crippen LogP contribution in [0.4, 0.5) is 5.69 Å². The lowest BCUT2D eigenvalue weighted by Crippen LogP contribution is -2.29. The minimum atomic E-state index is -0.638. The van der Waals surface area contributed by atoms with Crippen LogP contribution in [0.3, 0.4) is 0 Å². The van der Waals surface area contributed by atoms with Gasteiger partial charge in [0.15, 0.2) is 0 Å². The van der Waals surface area contributed by atoms with Gasteiger partial charge >= 0.3 is 5.97 Å². The number of aryl methyl sites for hydroxylation is 3. The maximum absolute atomic E-state index is 10.9. The first-order valence-corrected chi connectivity index (χ1v) is 7.04. The number of hydrogen-bond acceptors (Lipinski definition) is 2. The highest BCUT2D eigenvalue weighted by atomic mass is 16.4. The second-order valence-corrected chi connectivity index (χ2v) is 5.78. The molecule has 1 aliphatic rings. The molecular weight excluding hydrogens is 238 g/mol. The minimum absolute atomic E-state index is 0.140. The first kappa shape index (κ1) is 13.9. The van der Waals surface area contributed by atoms with Crippen molar-refractivity contribution in [3.63, 3.8) is 0 Å². The summed E-state index contributed by atoms with van der Waals surface area (Å²) in [5, 5.41) is 12.6. The van der Waals surface area contributed by atoms with Crippen LogP contribution >= 0.6 is 0 Å². The van der Waals surface area contributed by atoms with E-state index in [1.165, 1.54) is 22.4 Å². The van der Waals surface area contributed by atoms with Gasteiger partial charge in [-0.05, 0) is 69.2 Å². The van der Waals surface area contributed by atoms with Gasteiger partial charge in [-0.1, -0.05) is 6.07 Å². The smallest absolute Gasteiger partial charge is 0.306 e. The van der Waals surface area contributed by atoms with Crippen LogP contribution in [0.5, 0.6) is 0 Å². The first-order chi connectivity index (χ1) is 8.97. The summed E-state index contributed by atoms with van der Waals surface area (Å²) in [6, 6.07) is 4.82. The molecule has 1 saturated carbocycles. The number of carboxylic acid groups (broad SMARTS) is 1. The summed E-state index contributed by atoms with van der Waals surface area (Å²) < 4.78 is 0. The zero-order valence-electron chi connectivity index (χ0n) is 12.0. The Balaban J connectivity index is 1.99. The molecule has 0 heterocycles. The first-order valence-electron chi connectivity index (χ1n) is 7.04. The molecule has 0 amide bonds. The molecule has 0 unspecified atom stereocenters. The highest BCUT2D eigenvalue weighted by Gasteiger charge is 2.25. The Bertz CT molecular complexity index is 474. The van der Waals surface area contributed by atoms with Crippen molar-refractivity contribution in [3.05, 3.63) is 28.8 Å². The van der Waals surface area contributed by atoms with Crippen LogP contribution in [0.1, 0.15) is 42.4 Å². The van der Waals surface area contributed by atoms with E-state index in [0.29, 0.717) is 6.04 Å². The molecule has 0 spiro atoms. The van der Waals surface area contributed by atoms with Crippen LogP contribution in [0.25, 0.3) is 0 Å². The molecule has 1 fully saturated rings. The molecule has 1 aromatic carbocycles. The maximum atomic E-state index is 10.9. The van der Waals surface area contributed by atoms with E-state index in [1.807, 2.05) is 0 Å². The second-order valence-electron chi connectivity index (χ2n) is 5.78. The lowest BCUT2D eigenvalue weighted by atomic mass is 9.86. The van der Waals surface area contributed by atoms with Crippen molar-refractivity contribution < 1.29 is 9.90 Å². The van der Waals surface area contributed by atoms with E-state index in [9.17, 15) is 4.79 Å². The third kappa shape index (κ3) is 3.28. The molecule has 19 heavy (non-hydrogen) atoms. The molecule has 3 heteroatoms. The average molecular weight is 261 g/mol. The van der Waals surface area contributed by atoms with Gasteiger partial charge in [-0.3, -0.25) is 4.79 Å². The van der Waals surface area contributed by atoms with E-state index in [2.05, 4.69) is 38.2 Å². The van der Waals surface area contributed by atoms with Crippen molar-refractivity contribution in [1.82, 2.24) is 0 Å². The number of rotatable bonds is 3. The van der Waals surface area contributed by atoms with Crippen molar-refractivity contribution in [1.29, 1.82) is 0 Å². The SMILES string of the molecule is Cc1cc(C)c(NC2CCC(C(=O)O)CC2)cc1C. The molecule has 104 valence electrons. The molecule has 0 saturated heterocycles. The Labute approximate surface area is 115 Å². The van der Waals surface area contributed by atoms with Crippen molar-refractivity contribution in [2.45, 2.75) is 52.5 Å². The van der Waals surface area contributed by atoms with Gasteiger partial charge in [-0.2, -0.15) is 0 Å². The quantitative estimate of drug-likeness (QED) is 0.873. The maximum Gasteiger partial charge on any atom is 0.306 e. The molecule has 0 aromatic heterocycles. The van der Waals surface area contributed by atoms with Gasteiger partial charge in [0, 0.05) is 11.7 Å². The Morgan fingerprint density at radius 3 is 2.21 bits per heavy atom. The Kier molecular flexibility index (Phi) is 4.13. The van der Waals surface area contributed by atoms with E-state index in [4.69, 9.17) is 5.11 Å². The number of hydrogen-bond donors (Lipinski definition) is 2. The number of carbonyl (C=O) groups is 1. The predicted molar refractivity (Wildman–Crippen MR) is 77.7 cm³/mol. The number of carboxylic acids is 1. The highest BCUT2D eigenvalue weighted by Crippen LogP contribution is 2.28. The Morgan fingerprint density at radius 2 is 1.63 bits per heavy atom. The van der Waals surface area contributed by atoms with E-state index in [1.54, 1.807) is 0 Å². The highest BCUT2D eigenvalue weighted by molar-refractivity contribution is 5.70. The van der Waals surface area contributed by atoms with E-state index >= 15 is 0 Å². The summed E-state index contributed by atoms with van der Waals surface area (Å²) in [4.78, 5) is 10.9. The summed E-state index contributed by atoms with van der Waals surface area (Å²) in [7, 11) is 0. The molecule has 0 aliphatic heterocycles. The number of aliphatic carboxylic acids is 1. The van der Waals surface area contributed by atoms with Gasteiger partial charge in [0.2, 0.25) is 0 Å². The van der Waals surface area contributed by atoms with Crippen LogP contribution in [-0.2, 0) is 4.79 Å². The summed E-state index contributed by atoms with van der Waals surface area (Å²) in [5.41, 5.74) is 5.08. The fourth-order valence-corrected chi connectivity index (χ4v) is 2.82. The van der Waals surface area contributed by atoms with E-state index in [0.717, 1.165) is 25.7 Å². The third-order valence-corrected chi connectivity index (χ3v) is 4.28. The normalized spacial score (nSPS) is 23.1. The molecule has 3 nitrogen and oxygen atoms in total. The number of nitrogens with one attached hydrogen (secondary N) is 1. The van der Waals surface area contributed by atoms with Gasteiger partial charge < -0.3 is 10.4 Å². The Hall–Kier alpha value is -1.51. The molecular formula is C16H23NO2. The topological polar surface area (TPSA) is 49.3 Å². The molecule has 1 aromatic rings. The van der Waals surface area contributed by atoms with Crippen LogP contribution in [-0.4, -0.2) is 17.1 Å². The average Bonchev–Trinajstić information content (AvgIpc) is 2.36. The van der Waals surface area contributed by atoms with Gasteiger partial charge in [-0.25, -0.2) is 0 Å². The molecule has 0 atom stereocenters. The Morgan fingerprint density at radius 1 is 1.05 bits per heavy atom. The lowest BCUT2D eigenvalue weighted by Gasteiger charge is -2.28. The second kappa shape index (κ2) is 5.64.